The van der Waals surface area contributed by atoms with Gasteiger partial charge in [-0.3, -0.25) is 0 Å². The maximum atomic E-state index is 3.67. The SMILES string of the molecule is C=C/C=C\CCC1(C)SCCCS1. The molecule has 2 heteroatoms. The van der Waals surface area contributed by atoms with E-state index in [0.717, 1.165) is 0 Å². The predicted octanol–water partition coefficient (Wildman–Crippen LogP) is 4.10. The molecule has 0 aliphatic carbocycles. The lowest BCUT2D eigenvalue weighted by atomic mass is 10.2. The van der Waals surface area contributed by atoms with Crippen molar-refractivity contribution in [3.63, 3.8) is 0 Å². The van der Waals surface area contributed by atoms with Gasteiger partial charge >= 0.3 is 0 Å². The topological polar surface area (TPSA) is 0 Å². The van der Waals surface area contributed by atoms with Gasteiger partial charge in [0.05, 0.1) is 4.08 Å². The van der Waals surface area contributed by atoms with Gasteiger partial charge in [0, 0.05) is 0 Å². The molecule has 1 aliphatic rings. The van der Waals surface area contributed by atoms with Crippen molar-refractivity contribution in [3.8, 4) is 0 Å². The Morgan fingerprint density at radius 1 is 1.38 bits per heavy atom. The van der Waals surface area contributed by atoms with E-state index >= 15 is 0 Å². The van der Waals surface area contributed by atoms with Gasteiger partial charge in [-0.2, -0.15) is 0 Å². The zero-order chi connectivity index (χ0) is 9.57. The van der Waals surface area contributed by atoms with E-state index in [1.807, 2.05) is 12.2 Å². The molecule has 0 bridgehead atoms. The zero-order valence-electron chi connectivity index (χ0n) is 8.29. The van der Waals surface area contributed by atoms with Gasteiger partial charge in [0.25, 0.3) is 0 Å². The van der Waals surface area contributed by atoms with E-state index < -0.39 is 0 Å². The lowest BCUT2D eigenvalue weighted by Crippen LogP contribution is -2.20. The van der Waals surface area contributed by atoms with Crippen LogP contribution in [0.25, 0.3) is 0 Å². The lowest BCUT2D eigenvalue weighted by Gasteiger charge is -2.31. The normalized spacial score (nSPS) is 21.9. The van der Waals surface area contributed by atoms with Gasteiger partial charge in [-0.15, -0.1) is 23.5 Å². The van der Waals surface area contributed by atoms with Gasteiger partial charge < -0.3 is 0 Å². The quantitative estimate of drug-likeness (QED) is 0.646. The summed E-state index contributed by atoms with van der Waals surface area (Å²) in [5.41, 5.74) is 0. The molecule has 0 spiro atoms. The molecule has 0 nitrogen and oxygen atoms in total. The van der Waals surface area contributed by atoms with Crippen LogP contribution in [0.4, 0.5) is 0 Å². The van der Waals surface area contributed by atoms with E-state index in [1.54, 1.807) is 0 Å². The summed E-state index contributed by atoms with van der Waals surface area (Å²) in [5.74, 6) is 2.68. The summed E-state index contributed by atoms with van der Waals surface area (Å²) >= 11 is 4.25. The predicted molar refractivity (Wildman–Crippen MR) is 66.5 cm³/mol. The second-order valence-electron chi connectivity index (χ2n) is 3.39. The van der Waals surface area contributed by atoms with E-state index in [4.69, 9.17) is 0 Å². The third-order valence-electron chi connectivity index (χ3n) is 2.14. The van der Waals surface area contributed by atoms with Crippen LogP contribution in [0.2, 0.25) is 0 Å². The zero-order valence-corrected chi connectivity index (χ0v) is 9.92. The fraction of sp³-hybridized carbons (Fsp3) is 0.636. The summed E-state index contributed by atoms with van der Waals surface area (Å²) in [4.78, 5) is 0. The van der Waals surface area contributed by atoms with Crippen molar-refractivity contribution in [1.29, 1.82) is 0 Å². The van der Waals surface area contributed by atoms with Crippen molar-refractivity contribution in [2.75, 3.05) is 11.5 Å². The van der Waals surface area contributed by atoms with Crippen LogP contribution in [0.15, 0.2) is 24.8 Å². The van der Waals surface area contributed by atoms with Gasteiger partial charge in [-0.1, -0.05) is 24.8 Å². The summed E-state index contributed by atoms with van der Waals surface area (Å²) in [6.45, 7) is 6.04. The fourth-order valence-electron chi connectivity index (χ4n) is 1.36. The first-order valence-corrected chi connectivity index (χ1v) is 6.79. The molecule has 1 saturated heterocycles. The molecule has 1 fully saturated rings. The van der Waals surface area contributed by atoms with Crippen molar-refractivity contribution < 1.29 is 0 Å². The monoisotopic (exact) mass is 214 g/mol. The molecule has 0 N–H and O–H groups in total. The summed E-state index contributed by atoms with van der Waals surface area (Å²) < 4.78 is 0.476. The van der Waals surface area contributed by atoms with Crippen LogP contribution in [-0.2, 0) is 0 Å². The highest BCUT2D eigenvalue weighted by molar-refractivity contribution is 8.18. The number of allylic oxidation sites excluding steroid dienone is 3. The Balaban J connectivity index is 2.24. The molecule has 1 rings (SSSR count). The van der Waals surface area contributed by atoms with E-state index in [0.29, 0.717) is 4.08 Å². The van der Waals surface area contributed by atoms with Crippen LogP contribution >= 0.6 is 23.5 Å². The molecule has 0 aromatic rings. The third kappa shape index (κ3) is 4.28. The molecular formula is C11H18S2. The second kappa shape index (κ2) is 5.82. The number of hydrogen-bond donors (Lipinski definition) is 0. The highest BCUT2D eigenvalue weighted by atomic mass is 32.2. The Bertz CT molecular complexity index is 179. The standard InChI is InChI=1S/C11H18S2/c1-3-4-5-6-8-11(2)12-9-7-10-13-11/h3-5H,1,6-10H2,2H3/b5-4-. The van der Waals surface area contributed by atoms with Crippen molar-refractivity contribution in [2.45, 2.75) is 30.3 Å². The maximum absolute atomic E-state index is 3.67. The smallest absolute Gasteiger partial charge is 0.0586 e. The molecule has 0 aromatic heterocycles. The molecule has 1 aliphatic heterocycles. The van der Waals surface area contributed by atoms with E-state index in [2.05, 4.69) is 43.1 Å². The van der Waals surface area contributed by atoms with Gasteiger partial charge in [0.2, 0.25) is 0 Å². The summed E-state index contributed by atoms with van der Waals surface area (Å²) in [5, 5.41) is 0. The second-order valence-corrected chi connectivity index (χ2v) is 6.84. The van der Waals surface area contributed by atoms with E-state index in [1.165, 1.54) is 30.8 Å². The van der Waals surface area contributed by atoms with Crippen LogP contribution in [0.1, 0.15) is 26.2 Å². The minimum absolute atomic E-state index is 0.476. The summed E-state index contributed by atoms with van der Waals surface area (Å²) in [6, 6.07) is 0. The maximum Gasteiger partial charge on any atom is 0.0586 e. The van der Waals surface area contributed by atoms with Crippen molar-refractivity contribution in [2.24, 2.45) is 0 Å². The molecular weight excluding hydrogens is 196 g/mol. The fourth-order valence-corrected chi connectivity index (χ4v) is 4.34. The average molecular weight is 214 g/mol. The Hall–Kier alpha value is 0.180. The van der Waals surface area contributed by atoms with Crippen molar-refractivity contribution >= 4 is 23.5 Å². The first kappa shape index (κ1) is 11.3. The minimum atomic E-state index is 0.476. The van der Waals surface area contributed by atoms with Crippen molar-refractivity contribution in [3.05, 3.63) is 24.8 Å². The van der Waals surface area contributed by atoms with Gasteiger partial charge in [-0.05, 0) is 37.7 Å². The third-order valence-corrected chi connectivity index (χ3v) is 5.46. The van der Waals surface area contributed by atoms with Crippen molar-refractivity contribution in [1.82, 2.24) is 0 Å². The molecule has 0 atom stereocenters. The van der Waals surface area contributed by atoms with Gasteiger partial charge in [0.15, 0.2) is 0 Å². The molecule has 0 unspecified atom stereocenters. The molecule has 74 valence electrons. The number of rotatable bonds is 4. The Labute approximate surface area is 90.2 Å². The Kier molecular flexibility index (Phi) is 5.04. The lowest BCUT2D eigenvalue weighted by molar-refractivity contribution is 0.775. The molecule has 0 aromatic carbocycles. The number of hydrogen-bond acceptors (Lipinski definition) is 2. The van der Waals surface area contributed by atoms with E-state index in [9.17, 15) is 0 Å². The number of thioether (sulfide) groups is 2. The molecule has 0 amide bonds. The van der Waals surface area contributed by atoms with Gasteiger partial charge in [0.1, 0.15) is 0 Å². The van der Waals surface area contributed by atoms with Crippen LogP contribution < -0.4 is 0 Å². The Morgan fingerprint density at radius 2 is 2.08 bits per heavy atom. The average Bonchev–Trinajstić information content (AvgIpc) is 2.14. The highest BCUT2D eigenvalue weighted by Crippen LogP contribution is 2.44. The first-order valence-electron chi connectivity index (χ1n) is 4.82. The van der Waals surface area contributed by atoms with Crippen LogP contribution in [0.5, 0.6) is 0 Å². The summed E-state index contributed by atoms with van der Waals surface area (Å²) in [7, 11) is 0. The minimum Gasteiger partial charge on any atom is -0.144 e. The van der Waals surface area contributed by atoms with E-state index in [-0.39, 0.29) is 0 Å². The van der Waals surface area contributed by atoms with Crippen LogP contribution in [0, 0.1) is 0 Å². The molecule has 0 radical (unpaired) electrons. The molecule has 1 heterocycles. The van der Waals surface area contributed by atoms with Crippen LogP contribution in [-0.4, -0.2) is 15.6 Å². The Morgan fingerprint density at radius 3 is 2.69 bits per heavy atom. The molecule has 0 saturated carbocycles. The molecule has 13 heavy (non-hydrogen) atoms. The first-order chi connectivity index (χ1) is 6.27. The summed E-state index contributed by atoms with van der Waals surface area (Å²) in [6.07, 6.45) is 9.96. The van der Waals surface area contributed by atoms with Crippen LogP contribution in [0.3, 0.4) is 0 Å². The van der Waals surface area contributed by atoms with Gasteiger partial charge in [-0.25, -0.2) is 0 Å². The highest BCUT2D eigenvalue weighted by Gasteiger charge is 2.26. The largest absolute Gasteiger partial charge is 0.144 e.